The first-order chi connectivity index (χ1) is 19.1. The van der Waals surface area contributed by atoms with Gasteiger partial charge in [0, 0.05) is 30.2 Å². The summed E-state index contributed by atoms with van der Waals surface area (Å²) in [5, 5.41) is 24.1. The lowest BCUT2D eigenvalue weighted by Crippen LogP contribution is -2.34. The Labute approximate surface area is 230 Å². The maximum Gasteiger partial charge on any atom is 0.490 e. The van der Waals surface area contributed by atoms with E-state index in [0.29, 0.717) is 59.5 Å². The molecule has 4 aromatic rings. The number of hydrogen-bond donors (Lipinski definition) is 4. The van der Waals surface area contributed by atoms with Crippen molar-refractivity contribution >= 4 is 40.1 Å². The minimum Gasteiger partial charge on any atom is -0.456 e. The maximum atomic E-state index is 12.2. The normalized spacial score (nSPS) is 12.6. The van der Waals surface area contributed by atoms with Crippen molar-refractivity contribution < 1.29 is 32.4 Å². The summed E-state index contributed by atoms with van der Waals surface area (Å²) >= 11 is 6.22. The molecule has 3 heterocycles. The van der Waals surface area contributed by atoms with Gasteiger partial charge in [0.1, 0.15) is 18.2 Å². The lowest BCUT2D eigenvalue weighted by atomic mass is 10.1. The molecule has 0 amide bonds. The van der Waals surface area contributed by atoms with Crippen molar-refractivity contribution in [3.8, 4) is 22.8 Å². The number of halogens is 4. The number of nitrogens with zero attached hydrogens (tertiary/aromatic N) is 5. The second-order valence-corrected chi connectivity index (χ2v) is 9.08. The summed E-state index contributed by atoms with van der Waals surface area (Å²) in [6.07, 6.45) is -4.11. The van der Waals surface area contributed by atoms with E-state index < -0.39 is 24.9 Å². The molecule has 0 unspecified atom stereocenters. The van der Waals surface area contributed by atoms with Gasteiger partial charge in [0.15, 0.2) is 17.3 Å². The molecule has 5 N–H and O–H groups in total. The third-order valence-corrected chi connectivity index (χ3v) is 6.01. The summed E-state index contributed by atoms with van der Waals surface area (Å²) in [5.41, 5.74) is 9.65. The van der Waals surface area contributed by atoms with Gasteiger partial charge in [0.05, 0.1) is 23.1 Å². The first kappa shape index (κ1) is 29.0. The quantitative estimate of drug-likeness (QED) is 0.143. The number of ether oxygens (including phenoxy) is 1. The second-order valence-electron chi connectivity index (χ2n) is 8.64. The molecule has 214 valence electrons. The predicted octanol–water partition coefficient (Wildman–Crippen LogP) is 3.26. The Hall–Kier alpha value is -3.95. The van der Waals surface area contributed by atoms with Crippen molar-refractivity contribution in [1.82, 2.24) is 30.2 Å². The Kier molecular flexibility index (Phi) is 9.07. The monoisotopic (exact) mass is 582 g/mol. The number of esters is 1. The van der Waals surface area contributed by atoms with Gasteiger partial charge < -0.3 is 30.8 Å². The van der Waals surface area contributed by atoms with E-state index in [9.17, 15) is 23.1 Å². The molecule has 0 radical (unpaired) electrons. The highest BCUT2D eigenvalue weighted by molar-refractivity contribution is 6.30. The van der Waals surface area contributed by atoms with Gasteiger partial charge in [-0.05, 0) is 42.3 Å². The second kappa shape index (κ2) is 12.5. The molecule has 16 heteroatoms. The summed E-state index contributed by atoms with van der Waals surface area (Å²) in [6.45, 7) is 2.56. The zero-order chi connectivity index (χ0) is 28.9. The molecule has 0 bridgehead atoms. The third-order valence-electron chi connectivity index (χ3n) is 5.77. The highest BCUT2D eigenvalue weighted by Crippen LogP contribution is 2.36. The lowest BCUT2D eigenvalue weighted by Gasteiger charge is -2.14. The summed E-state index contributed by atoms with van der Waals surface area (Å²) in [7, 11) is 0. The van der Waals surface area contributed by atoms with Crippen LogP contribution in [0.4, 0.5) is 24.7 Å². The number of nitrogens with one attached hydrogen (secondary N) is 2. The molecule has 0 fully saturated rings. The number of anilines is 2. The number of aromatic nitrogens is 5. The van der Waals surface area contributed by atoms with Crippen LogP contribution in [0.5, 0.6) is 0 Å². The smallest absolute Gasteiger partial charge is 0.456 e. The number of alkyl halides is 3. The number of nitrogens with two attached hydrogens (primary N) is 1. The maximum absolute atomic E-state index is 12.2. The molecule has 1 atom stereocenters. The molecule has 0 saturated carbocycles. The molecular weight excluding hydrogens is 557 g/mol. The average molecular weight is 583 g/mol. The highest BCUT2D eigenvalue weighted by atomic mass is 35.5. The molecule has 1 aromatic carbocycles. The number of hydrogen-bond acceptors (Lipinski definition) is 11. The van der Waals surface area contributed by atoms with Gasteiger partial charge in [-0.15, -0.1) is 0 Å². The van der Waals surface area contributed by atoms with Crippen LogP contribution < -0.4 is 16.4 Å². The molecule has 40 heavy (non-hydrogen) atoms. The number of benzene rings is 1. The van der Waals surface area contributed by atoms with Crippen LogP contribution in [0.3, 0.4) is 0 Å². The van der Waals surface area contributed by atoms with E-state index in [-0.39, 0.29) is 12.4 Å². The van der Waals surface area contributed by atoms with Crippen molar-refractivity contribution in [1.29, 1.82) is 0 Å². The van der Waals surface area contributed by atoms with Gasteiger partial charge in [0.2, 0.25) is 0 Å². The van der Waals surface area contributed by atoms with Gasteiger partial charge in [-0.1, -0.05) is 23.7 Å². The van der Waals surface area contributed by atoms with Crippen molar-refractivity contribution in [3.63, 3.8) is 0 Å². The Morgan fingerprint density at radius 3 is 2.75 bits per heavy atom. The van der Waals surface area contributed by atoms with Crippen molar-refractivity contribution in [2.24, 2.45) is 0 Å². The molecule has 4 rings (SSSR count). The van der Waals surface area contributed by atoms with Crippen molar-refractivity contribution in [2.45, 2.75) is 32.2 Å². The summed E-state index contributed by atoms with van der Waals surface area (Å²) in [5.74, 6) is -1.79. The average Bonchev–Trinajstić information content (AvgIpc) is 3.51. The van der Waals surface area contributed by atoms with Crippen LogP contribution in [-0.4, -0.2) is 74.4 Å². The molecule has 0 saturated heterocycles. The van der Waals surface area contributed by atoms with Crippen molar-refractivity contribution in [3.05, 3.63) is 35.5 Å². The highest BCUT2D eigenvalue weighted by Gasteiger charge is 2.41. The van der Waals surface area contributed by atoms with E-state index in [4.69, 9.17) is 26.9 Å². The Balaban J connectivity index is 1.47. The van der Waals surface area contributed by atoms with Crippen LogP contribution in [0, 0.1) is 0 Å². The number of nitrogen functional groups attached to an aromatic ring is 1. The largest absolute Gasteiger partial charge is 0.490 e. The summed E-state index contributed by atoms with van der Waals surface area (Å²) < 4.78 is 47.3. The zero-order valence-electron chi connectivity index (χ0n) is 21.2. The lowest BCUT2D eigenvalue weighted by molar-refractivity contribution is -0.201. The molecular formula is C24H26ClF3N8O4. The number of carbonyl (C=O) groups is 1. The van der Waals surface area contributed by atoms with Gasteiger partial charge in [0.25, 0.3) is 0 Å². The minimum absolute atomic E-state index is 0.0512. The van der Waals surface area contributed by atoms with Gasteiger partial charge in [-0.25, -0.2) is 14.4 Å². The number of imidazole rings is 1. The van der Waals surface area contributed by atoms with Gasteiger partial charge >= 0.3 is 12.1 Å². The Morgan fingerprint density at radius 1 is 1.27 bits per heavy atom. The van der Waals surface area contributed by atoms with E-state index in [1.807, 2.05) is 23.6 Å². The number of rotatable bonds is 12. The summed E-state index contributed by atoms with van der Waals surface area (Å²) in [4.78, 5) is 20.2. The molecule has 0 spiro atoms. The first-order valence-corrected chi connectivity index (χ1v) is 12.6. The van der Waals surface area contributed by atoms with Crippen LogP contribution in [0.2, 0.25) is 5.02 Å². The number of fused-ring (bicyclic) bond motifs is 1. The molecule has 0 aliphatic carbocycles. The summed E-state index contributed by atoms with van der Waals surface area (Å²) in [6, 6.07) is 7.25. The van der Waals surface area contributed by atoms with Gasteiger partial charge in [-0.2, -0.15) is 13.2 Å². The number of pyridine rings is 1. The van der Waals surface area contributed by atoms with Gasteiger partial charge in [-0.3, -0.25) is 4.98 Å². The van der Waals surface area contributed by atoms with E-state index in [1.165, 1.54) is 0 Å². The molecule has 0 aliphatic heterocycles. The molecule has 3 aromatic heterocycles. The van der Waals surface area contributed by atoms with E-state index in [0.717, 1.165) is 11.1 Å². The third kappa shape index (κ3) is 6.60. The van der Waals surface area contributed by atoms with Crippen LogP contribution in [-0.2, 0) is 16.1 Å². The van der Waals surface area contributed by atoms with Crippen LogP contribution in [0.1, 0.15) is 13.3 Å². The number of aliphatic hydroxyl groups excluding tert-OH is 1. The zero-order valence-corrected chi connectivity index (χ0v) is 22.0. The van der Waals surface area contributed by atoms with Crippen LogP contribution >= 0.6 is 11.6 Å². The minimum atomic E-state index is -5.10. The predicted molar refractivity (Wildman–Crippen MR) is 140 cm³/mol. The molecule has 0 aliphatic rings. The van der Waals surface area contributed by atoms with Crippen LogP contribution in [0.15, 0.2) is 35.1 Å². The number of aryl methyl sites for hydroxylation is 1. The van der Waals surface area contributed by atoms with E-state index >= 15 is 0 Å². The number of aliphatic hydroxyl groups is 1. The fourth-order valence-corrected chi connectivity index (χ4v) is 4.17. The first-order valence-electron chi connectivity index (χ1n) is 12.2. The number of carbonyl (C=O) groups excluding carboxylic acids is 1. The SMILES string of the molecule is CCn1c(-c2nonc2N)nc2c(-c3cccc(Cl)c3)ncc(NCCCNC[C@H](O)COC(=O)C(F)(F)F)c21. The fourth-order valence-electron chi connectivity index (χ4n) is 3.98. The van der Waals surface area contributed by atoms with Crippen LogP contribution in [0.25, 0.3) is 33.8 Å². The van der Waals surface area contributed by atoms with Crippen molar-refractivity contribution in [2.75, 3.05) is 37.3 Å². The Bertz CT molecular complexity index is 1480. The topological polar surface area (TPSA) is 166 Å². The fraction of sp³-hybridized carbons (Fsp3) is 0.375. The van der Waals surface area contributed by atoms with E-state index in [1.54, 1.807) is 18.3 Å². The standard InChI is InChI=1S/C24H26ClF3N8O4/c1-2-36-20-16(31-8-4-7-30-10-15(37)12-39-23(38)24(26,27)28)11-32-17(13-5-3-6-14(25)9-13)18(20)33-22(36)19-21(29)35-40-34-19/h3,5-6,9,11,15,30-31,37H,2,4,7-8,10,12H2,1H3,(H2,29,35)/t15-/m0/s1. The molecule has 12 nitrogen and oxygen atoms in total. The Morgan fingerprint density at radius 2 is 2.08 bits per heavy atom. The van der Waals surface area contributed by atoms with E-state index in [2.05, 4.69) is 30.7 Å².